The van der Waals surface area contributed by atoms with Gasteiger partial charge >= 0.3 is 0 Å². The highest BCUT2D eigenvalue weighted by Crippen LogP contribution is 2.52. The molecule has 9 rings (SSSR count). The van der Waals surface area contributed by atoms with Gasteiger partial charge in [-0.25, -0.2) is 0 Å². The Kier molecular flexibility index (Phi) is 5.00. The lowest BCUT2D eigenvalue weighted by Crippen LogP contribution is -2.56. The highest BCUT2D eigenvalue weighted by atomic mass is 28.3. The maximum absolute atomic E-state index is 10.1. The van der Waals surface area contributed by atoms with Gasteiger partial charge < -0.3 is 4.74 Å². The van der Waals surface area contributed by atoms with E-state index in [2.05, 4.69) is 92.0 Å². The average Bonchev–Trinajstić information content (AvgIpc) is 3.59. The van der Waals surface area contributed by atoms with Crippen LogP contribution in [0.15, 0.2) is 115 Å². The molecular formula is C45H40OSi. The van der Waals surface area contributed by atoms with E-state index in [1.165, 1.54) is 0 Å². The van der Waals surface area contributed by atoms with Crippen LogP contribution < -0.4 is 15.1 Å². The minimum atomic E-state index is -2.55. The molecular weight excluding hydrogens is 585 g/mol. The van der Waals surface area contributed by atoms with E-state index in [0.29, 0.717) is 35.5 Å². The third-order valence-electron chi connectivity index (χ3n) is 10.7. The van der Waals surface area contributed by atoms with Crippen molar-refractivity contribution in [2.45, 2.75) is 58.4 Å². The summed E-state index contributed by atoms with van der Waals surface area (Å²) in [5.74, 6) is -0.0352. The van der Waals surface area contributed by atoms with E-state index in [0.717, 1.165) is 73.3 Å². The SMILES string of the molecule is [2H]C([2H])([2H])c1ccc2c(c1)Oc1c(ccc(C([2H])([2H])[2H])c1-c1cc3c(cc1C1([2H])CCCC1)-c1ccccc1-c1ccccc1-c1ccccc1-3)[Si]2(C)C. The van der Waals surface area contributed by atoms with Gasteiger partial charge in [-0.2, -0.15) is 0 Å². The number of rotatable bonds is 2. The predicted molar refractivity (Wildman–Crippen MR) is 201 cm³/mol. The molecule has 0 saturated heterocycles. The largest absolute Gasteiger partial charge is 0.457 e. The average molecular weight is 632 g/mol. The maximum atomic E-state index is 10.1. The Labute approximate surface area is 289 Å². The van der Waals surface area contributed by atoms with E-state index in [1.807, 2.05) is 18.2 Å². The van der Waals surface area contributed by atoms with Crippen LogP contribution in [0.25, 0.3) is 55.6 Å². The highest BCUT2D eigenvalue weighted by molar-refractivity contribution is 7.01. The molecule has 0 unspecified atom stereocenters. The molecule has 1 nitrogen and oxygen atoms in total. The van der Waals surface area contributed by atoms with Crippen LogP contribution in [0.2, 0.25) is 13.1 Å². The van der Waals surface area contributed by atoms with Crippen LogP contribution in [0, 0.1) is 13.7 Å². The molecule has 0 N–H and O–H groups in total. The Hall–Kier alpha value is -4.66. The molecule has 2 aliphatic carbocycles. The lowest BCUT2D eigenvalue weighted by molar-refractivity contribution is 0.487. The fourth-order valence-electron chi connectivity index (χ4n) is 8.30. The zero-order valence-corrected chi connectivity index (χ0v) is 27.7. The Morgan fingerprint density at radius 3 is 1.72 bits per heavy atom. The van der Waals surface area contributed by atoms with E-state index in [-0.39, 0.29) is 11.1 Å². The van der Waals surface area contributed by atoms with Gasteiger partial charge in [0.15, 0.2) is 0 Å². The summed E-state index contributed by atoms with van der Waals surface area (Å²) in [6.07, 6.45) is 3.13. The summed E-state index contributed by atoms with van der Waals surface area (Å²) in [6, 6.07) is 38.4. The number of hydrogen-bond donors (Lipinski definition) is 0. The van der Waals surface area contributed by atoms with Crippen LogP contribution in [0.3, 0.4) is 0 Å². The first-order valence-corrected chi connectivity index (χ1v) is 19.7. The Morgan fingerprint density at radius 1 is 0.596 bits per heavy atom. The van der Waals surface area contributed by atoms with Crippen molar-refractivity contribution in [3.05, 3.63) is 132 Å². The third kappa shape index (κ3) is 4.34. The van der Waals surface area contributed by atoms with Gasteiger partial charge in [0, 0.05) is 15.2 Å². The lowest BCUT2D eigenvalue weighted by atomic mass is 9.77. The van der Waals surface area contributed by atoms with E-state index < -0.39 is 27.7 Å². The van der Waals surface area contributed by atoms with Gasteiger partial charge in [0.25, 0.3) is 0 Å². The standard InChI is InChI=1S/C45H40OSi/c1-28-21-23-42-41(25-28)46-45-43(47(42,3)4)24-22-29(2)44(45)40-27-39-36-20-12-10-18-34(36)32-16-8-7-15-31(32)33-17-9-11-19-35(33)38(39)26-37(40)30-13-5-6-14-30/h7-12,15-27,30H,5-6,13-14H2,1-4H3/i1D3,2D3,30D. The quantitative estimate of drug-likeness (QED) is 0.173. The third-order valence-corrected chi connectivity index (χ3v) is 14.2. The van der Waals surface area contributed by atoms with E-state index in [9.17, 15) is 1.37 Å². The molecule has 1 heterocycles. The molecule has 0 atom stereocenters. The summed E-state index contributed by atoms with van der Waals surface area (Å²) >= 11 is 0. The van der Waals surface area contributed by atoms with Crippen LogP contribution >= 0.6 is 0 Å². The topological polar surface area (TPSA) is 9.23 Å². The smallest absolute Gasteiger partial charge is 0.135 e. The van der Waals surface area contributed by atoms with Crippen LogP contribution in [0.4, 0.5) is 0 Å². The second kappa shape index (κ2) is 10.7. The molecule has 1 fully saturated rings. The predicted octanol–water partition coefficient (Wildman–Crippen LogP) is 11.5. The second-order valence-corrected chi connectivity index (χ2v) is 18.0. The number of hydrogen-bond acceptors (Lipinski definition) is 1. The van der Waals surface area contributed by atoms with Crippen molar-refractivity contribution < 1.29 is 14.3 Å². The van der Waals surface area contributed by atoms with E-state index >= 15 is 0 Å². The molecule has 0 radical (unpaired) electrons. The number of benzene rings is 6. The van der Waals surface area contributed by atoms with Gasteiger partial charge in [0.1, 0.15) is 19.6 Å². The van der Waals surface area contributed by atoms with Crippen LogP contribution in [-0.4, -0.2) is 8.07 Å². The van der Waals surface area contributed by atoms with Gasteiger partial charge in [-0.05, 0) is 128 Å². The van der Waals surface area contributed by atoms with Crippen LogP contribution in [-0.2, 0) is 0 Å². The number of fused-ring (bicyclic) bond motifs is 10. The molecule has 3 aliphatic rings. The molecule has 6 aromatic carbocycles. The minimum Gasteiger partial charge on any atom is -0.457 e. The summed E-state index contributed by atoms with van der Waals surface area (Å²) in [6.45, 7) is -0.429. The molecule has 47 heavy (non-hydrogen) atoms. The second-order valence-electron chi connectivity index (χ2n) is 13.7. The molecule has 0 bridgehead atoms. The van der Waals surface area contributed by atoms with Gasteiger partial charge in [-0.3, -0.25) is 0 Å². The summed E-state index contributed by atoms with van der Waals surface area (Å²) in [7, 11) is -2.55. The molecule has 230 valence electrons. The van der Waals surface area contributed by atoms with Gasteiger partial charge in [-0.15, -0.1) is 0 Å². The molecule has 0 aromatic heterocycles. The Balaban J connectivity index is 1.42. The molecule has 0 spiro atoms. The Morgan fingerprint density at radius 2 is 1.15 bits per heavy atom. The molecule has 1 saturated carbocycles. The zero-order valence-electron chi connectivity index (χ0n) is 33.7. The summed E-state index contributed by atoms with van der Waals surface area (Å²) in [5, 5.41) is 1.91. The molecule has 2 heteroatoms. The van der Waals surface area contributed by atoms with Crippen LogP contribution in [0.1, 0.15) is 57.9 Å². The fraction of sp³-hybridized carbons (Fsp3) is 0.200. The van der Waals surface area contributed by atoms with Crippen molar-refractivity contribution in [3.8, 4) is 67.1 Å². The van der Waals surface area contributed by atoms with Crippen molar-refractivity contribution in [2.75, 3.05) is 0 Å². The van der Waals surface area contributed by atoms with Crippen molar-refractivity contribution in [2.24, 2.45) is 0 Å². The van der Waals surface area contributed by atoms with E-state index in [1.54, 1.807) is 18.2 Å². The highest BCUT2D eigenvalue weighted by Gasteiger charge is 2.39. The number of aryl methyl sites for hydroxylation is 2. The number of ether oxygens (including phenoxy) is 1. The summed E-state index contributed by atoms with van der Waals surface area (Å²) in [5.41, 5.74) is 10.8. The molecule has 1 aliphatic heterocycles. The van der Waals surface area contributed by atoms with Crippen molar-refractivity contribution in [1.82, 2.24) is 0 Å². The first-order valence-electron chi connectivity index (χ1n) is 20.2. The van der Waals surface area contributed by atoms with E-state index in [4.69, 9.17) is 13.0 Å². The van der Waals surface area contributed by atoms with Crippen molar-refractivity contribution in [3.63, 3.8) is 0 Å². The van der Waals surface area contributed by atoms with Gasteiger partial charge in [0.2, 0.25) is 0 Å². The molecule has 6 aromatic rings. The maximum Gasteiger partial charge on any atom is 0.135 e. The monoisotopic (exact) mass is 631 g/mol. The lowest BCUT2D eigenvalue weighted by Gasteiger charge is -2.35. The van der Waals surface area contributed by atoms with Crippen molar-refractivity contribution >= 4 is 18.4 Å². The first-order chi connectivity index (χ1) is 25.7. The Bertz CT molecular complexity index is 2510. The zero-order chi connectivity index (χ0) is 37.8. The summed E-state index contributed by atoms with van der Waals surface area (Å²) < 4.78 is 68.0. The normalized spacial score (nSPS) is 19.0. The van der Waals surface area contributed by atoms with Crippen molar-refractivity contribution in [1.29, 1.82) is 0 Å². The van der Waals surface area contributed by atoms with Gasteiger partial charge in [0.05, 0.1) is 0 Å². The van der Waals surface area contributed by atoms with Gasteiger partial charge in [-0.1, -0.05) is 123 Å². The minimum absolute atomic E-state index is 0.161. The van der Waals surface area contributed by atoms with Crippen LogP contribution in [0.5, 0.6) is 11.5 Å². The first kappa shape index (κ1) is 22.0. The fourth-order valence-corrected chi connectivity index (χ4v) is 11.1. The summed E-state index contributed by atoms with van der Waals surface area (Å²) in [4.78, 5) is 0. The molecule has 0 amide bonds.